The summed E-state index contributed by atoms with van der Waals surface area (Å²) in [7, 11) is 0. The molecule has 0 unspecified atom stereocenters. The van der Waals surface area contributed by atoms with E-state index in [1.807, 2.05) is 73.7 Å². The molecule has 1 atom stereocenters. The summed E-state index contributed by atoms with van der Waals surface area (Å²) in [5, 5.41) is 13.6. The molecular formula is C31H27FN6O2. The van der Waals surface area contributed by atoms with Gasteiger partial charge in [-0.15, -0.1) is 5.10 Å². The SMILES string of the molecule is Cc1ccc2cc([C@H](c3nnnn3Cc3ccc(F)cc3)N(Cc3ccccc3)Cc3ccco3)c(=O)[nH]c2c1. The summed E-state index contributed by atoms with van der Waals surface area (Å²) in [5.74, 6) is 0.916. The fourth-order valence-corrected chi connectivity index (χ4v) is 4.98. The third kappa shape index (κ3) is 5.45. The van der Waals surface area contributed by atoms with Gasteiger partial charge < -0.3 is 9.40 Å². The molecule has 0 aliphatic rings. The Bertz CT molecular complexity index is 1780. The summed E-state index contributed by atoms with van der Waals surface area (Å²) in [6.45, 7) is 3.20. The van der Waals surface area contributed by atoms with E-state index < -0.39 is 6.04 Å². The summed E-state index contributed by atoms with van der Waals surface area (Å²) in [5.41, 5.74) is 3.99. The number of hydrogen-bond donors (Lipinski definition) is 1. The van der Waals surface area contributed by atoms with Crippen LogP contribution in [0.2, 0.25) is 0 Å². The number of fused-ring (bicyclic) bond motifs is 1. The van der Waals surface area contributed by atoms with Crippen LogP contribution in [-0.2, 0) is 19.6 Å². The van der Waals surface area contributed by atoms with Gasteiger partial charge in [-0.3, -0.25) is 9.69 Å². The van der Waals surface area contributed by atoms with Crippen LogP contribution in [0, 0.1) is 12.7 Å². The van der Waals surface area contributed by atoms with E-state index >= 15 is 0 Å². The van der Waals surface area contributed by atoms with Crippen molar-refractivity contribution in [2.45, 2.75) is 32.6 Å². The fourth-order valence-electron chi connectivity index (χ4n) is 4.98. The van der Waals surface area contributed by atoms with Crippen LogP contribution in [0.15, 0.2) is 106 Å². The Morgan fingerprint density at radius 3 is 2.55 bits per heavy atom. The average molecular weight is 535 g/mol. The minimum atomic E-state index is -0.629. The van der Waals surface area contributed by atoms with E-state index in [-0.39, 0.29) is 11.4 Å². The van der Waals surface area contributed by atoms with Gasteiger partial charge in [0, 0.05) is 17.6 Å². The molecule has 1 N–H and O–H groups in total. The van der Waals surface area contributed by atoms with E-state index in [0.717, 1.165) is 33.4 Å². The predicted molar refractivity (Wildman–Crippen MR) is 149 cm³/mol. The first kappa shape index (κ1) is 25.4. The largest absolute Gasteiger partial charge is 0.468 e. The van der Waals surface area contributed by atoms with Crippen LogP contribution in [0.4, 0.5) is 4.39 Å². The molecule has 0 aliphatic heterocycles. The lowest BCUT2D eigenvalue weighted by molar-refractivity contribution is 0.179. The molecule has 0 aliphatic carbocycles. The van der Waals surface area contributed by atoms with E-state index in [1.165, 1.54) is 12.1 Å². The Balaban J connectivity index is 1.51. The topological polar surface area (TPSA) is 92.8 Å². The molecule has 0 bridgehead atoms. The Morgan fingerprint density at radius 2 is 1.77 bits per heavy atom. The number of aromatic amines is 1. The molecule has 0 fully saturated rings. The monoisotopic (exact) mass is 534 g/mol. The number of aryl methyl sites for hydroxylation is 1. The summed E-state index contributed by atoms with van der Waals surface area (Å²) in [6.07, 6.45) is 1.63. The average Bonchev–Trinajstić information content (AvgIpc) is 3.63. The first-order valence-corrected chi connectivity index (χ1v) is 13.0. The van der Waals surface area contributed by atoms with Gasteiger partial charge in [-0.25, -0.2) is 9.07 Å². The lowest BCUT2D eigenvalue weighted by Crippen LogP contribution is -2.34. The maximum atomic E-state index is 13.7. The number of hydrogen-bond acceptors (Lipinski definition) is 6. The highest BCUT2D eigenvalue weighted by Crippen LogP contribution is 2.30. The first-order chi connectivity index (χ1) is 19.5. The standard InChI is InChI=1S/C31H27FN6O2/c1-21-9-12-24-17-27(31(39)33-28(24)16-21)29(30-34-35-36-38(30)19-23-10-13-25(32)14-11-23)37(20-26-8-5-15-40-26)18-22-6-3-2-4-7-22/h2-17,29H,18-20H2,1H3,(H,33,39)/t29-/m1/s1. The minimum absolute atomic E-state index is 0.225. The predicted octanol–water partition coefficient (Wildman–Crippen LogP) is 5.40. The molecule has 3 aromatic carbocycles. The quantitative estimate of drug-likeness (QED) is 0.267. The van der Waals surface area contributed by atoms with E-state index in [0.29, 0.717) is 31.0 Å². The lowest BCUT2D eigenvalue weighted by atomic mass is 10.0. The highest BCUT2D eigenvalue weighted by atomic mass is 19.1. The van der Waals surface area contributed by atoms with E-state index in [9.17, 15) is 9.18 Å². The number of nitrogens with one attached hydrogen (secondary N) is 1. The molecule has 40 heavy (non-hydrogen) atoms. The lowest BCUT2D eigenvalue weighted by Gasteiger charge is -2.30. The molecule has 6 rings (SSSR count). The van der Waals surface area contributed by atoms with Gasteiger partial charge in [0.05, 0.1) is 19.4 Å². The molecule has 6 aromatic rings. The number of halogens is 1. The van der Waals surface area contributed by atoms with Gasteiger partial charge >= 0.3 is 0 Å². The van der Waals surface area contributed by atoms with Crippen LogP contribution < -0.4 is 5.56 Å². The van der Waals surface area contributed by atoms with Gasteiger partial charge in [-0.1, -0.05) is 54.6 Å². The highest BCUT2D eigenvalue weighted by Gasteiger charge is 2.31. The van der Waals surface area contributed by atoms with Gasteiger partial charge in [0.1, 0.15) is 17.6 Å². The maximum absolute atomic E-state index is 13.7. The second-order valence-corrected chi connectivity index (χ2v) is 9.84. The van der Waals surface area contributed by atoms with Crippen LogP contribution in [0.5, 0.6) is 0 Å². The zero-order valence-electron chi connectivity index (χ0n) is 21.9. The van der Waals surface area contributed by atoms with Gasteiger partial charge in [0.2, 0.25) is 0 Å². The number of rotatable bonds is 9. The van der Waals surface area contributed by atoms with Gasteiger partial charge in [0.25, 0.3) is 5.56 Å². The molecule has 3 aromatic heterocycles. The van der Waals surface area contributed by atoms with E-state index in [2.05, 4.69) is 25.4 Å². The minimum Gasteiger partial charge on any atom is -0.468 e. The van der Waals surface area contributed by atoms with Crippen molar-refractivity contribution >= 4 is 10.9 Å². The van der Waals surface area contributed by atoms with E-state index in [1.54, 1.807) is 23.1 Å². The van der Waals surface area contributed by atoms with Crippen LogP contribution in [0.25, 0.3) is 10.9 Å². The van der Waals surface area contributed by atoms with Crippen molar-refractivity contribution in [1.29, 1.82) is 0 Å². The first-order valence-electron chi connectivity index (χ1n) is 13.0. The van der Waals surface area contributed by atoms with Crippen LogP contribution in [0.3, 0.4) is 0 Å². The Kier molecular flexibility index (Phi) is 7.03. The molecule has 8 nitrogen and oxygen atoms in total. The normalized spacial score (nSPS) is 12.3. The maximum Gasteiger partial charge on any atom is 0.253 e. The number of nitrogens with zero attached hydrogens (tertiary/aromatic N) is 5. The van der Waals surface area contributed by atoms with Crippen molar-refractivity contribution in [2.75, 3.05) is 0 Å². The van der Waals surface area contributed by atoms with Crippen molar-refractivity contribution in [2.24, 2.45) is 0 Å². The number of pyridine rings is 1. The molecule has 0 radical (unpaired) electrons. The molecule has 0 spiro atoms. The zero-order chi connectivity index (χ0) is 27.5. The summed E-state index contributed by atoms with van der Waals surface area (Å²) in [6, 6.07) is 27.2. The molecule has 3 heterocycles. The number of H-pyrrole nitrogens is 1. The third-order valence-corrected chi connectivity index (χ3v) is 6.91. The summed E-state index contributed by atoms with van der Waals surface area (Å²) in [4.78, 5) is 18.9. The second kappa shape index (κ2) is 11.1. The molecule has 0 saturated carbocycles. The summed E-state index contributed by atoms with van der Waals surface area (Å²) < 4.78 is 21.0. The number of benzene rings is 3. The number of aromatic nitrogens is 5. The highest BCUT2D eigenvalue weighted by molar-refractivity contribution is 5.79. The fraction of sp³-hybridized carbons (Fsp3) is 0.161. The molecule has 9 heteroatoms. The summed E-state index contributed by atoms with van der Waals surface area (Å²) >= 11 is 0. The molecule has 0 saturated heterocycles. The second-order valence-electron chi connectivity index (χ2n) is 9.84. The molecule has 0 amide bonds. The Morgan fingerprint density at radius 1 is 0.950 bits per heavy atom. The number of tetrazole rings is 1. The van der Waals surface area contributed by atoms with E-state index in [4.69, 9.17) is 4.42 Å². The van der Waals surface area contributed by atoms with Crippen molar-refractivity contribution in [3.63, 3.8) is 0 Å². The third-order valence-electron chi connectivity index (χ3n) is 6.91. The van der Waals surface area contributed by atoms with Crippen LogP contribution in [-0.4, -0.2) is 30.1 Å². The van der Waals surface area contributed by atoms with Gasteiger partial charge in [-0.2, -0.15) is 0 Å². The van der Waals surface area contributed by atoms with Crippen LogP contribution in [0.1, 0.15) is 39.9 Å². The zero-order valence-corrected chi connectivity index (χ0v) is 21.9. The van der Waals surface area contributed by atoms with Crippen molar-refractivity contribution in [1.82, 2.24) is 30.1 Å². The Labute approximate surface area is 229 Å². The smallest absolute Gasteiger partial charge is 0.253 e. The van der Waals surface area contributed by atoms with Crippen LogP contribution >= 0.6 is 0 Å². The van der Waals surface area contributed by atoms with Gasteiger partial charge in [-0.05, 0) is 75.8 Å². The molecular weight excluding hydrogens is 507 g/mol. The Hall–Kier alpha value is -4.89. The van der Waals surface area contributed by atoms with Gasteiger partial charge in [0.15, 0.2) is 5.82 Å². The van der Waals surface area contributed by atoms with Crippen molar-refractivity contribution < 1.29 is 8.81 Å². The van der Waals surface area contributed by atoms with Crippen molar-refractivity contribution in [3.05, 3.63) is 147 Å². The number of furan rings is 1. The molecule has 200 valence electrons. The van der Waals surface area contributed by atoms with Crippen molar-refractivity contribution in [3.8, 4) is 0 Å².